The van der Waals surface area contributed by atoms with Gasteiger partial charge in [-0.2, -0.15) is 0 Å². The van der Waals surface area contributed by atoms with E-state index in [0.29, 0.717) is 12.0 Å². The van der Waals surface area contributed by atoms with Crippen LogP contribution < -0.4 is 5.32 Å². The highest BCUT2D eigenvalue weighted by Gasteiger charge is 2.19. The van der Waals surface area contributed by atoms with Crippen molar-refractivity contribution < 1.29 is 8.78 Å². The minimum Gasteiger partial charge on any atom is -0.310 e. The number of halogens is 2. The summed E-state index contributed by atoms with van der Waals surface area (Å²) in [6.45, 7) is 2.41. The third-order valence-electron chi connectivity index (χ3n) is 4.27. The molecule has 19 heavy (non-hydrogen) atoms. The Morgan fingerprint density at radius 2 is 1.68 bits per heavy atom. The molecule has 0 heterocycles. The Bertz CT molecular complexity index is 377. The lowest BCUT2D eigenvalue weighted by atomic mass is 9.93. The number of rotatable bonds is 4. The molecule has 1 aromatic carbocycles. The average Bonchev–Trinajstić information content (AvgIpc) is 2.66. The van der Waals surface area contributed by atoms with Gasteiger partial charge in [-0.3, -0.25) is 0 Å². The SMILES string of the molecule is C[C@H](NCc1c(F)cccc1F)C1CCCCCC1. The first-order chi connectivity index (χ1) is 9.18. The standard InChI is InChI=1S/C16H23F2N/c1-12(13-7-4-2-3-5-8-13)19-11-14-15(17)9-6-10-16(14)18/h6,9-10,12-13,19H,2-5,7-8,11H2,1H3/t12-/m0/s1. The van der Waals surface area contributed by atoms with Gasteiger partial charge in [0, 0.05) is 18.2 Å². The van der Waals surface area contributed by atoms with Gasteiger partial charge in [0.05, 0.1) is 0 Å². The quantitative estimate of drug-likeness (QED) is 0.797. The Morgan fingerprint density at radius 1 is 1.11 bits per heavy atom. The number of nitrogens with one attached hydrogen (secondary N) is 1. The van der Waals surface area contributed by atoms with Gasteiger partial charge in [-0.25, -0.2) is 8.78 Å². The molecular formula is C16H23F2N. The highest BCUT2D eigenvalue weighted by Crippen LogP contribution is 2.25. The summed E-state index contributed by atoms with van der Waals surface area (Å²) in [4.78, 5) is 0. The van der Waals surface area contributed by atoms with E-state index >= 15 is 0 Å². The highest BCUT2D eigenvalue weighted by atomic mass is 19.1. The van der Waals surface area contributed by atoms with E-state index in [1.807, 2.05) is 0 Å². The van der Waals surface area contributed by atoms with Crippen molar-refractivity contribution in [2.75, 3.05) is 0 Å². The van der Waals surface area contributed by atoms with Crippen molar-refractivity contribution >= 4 is 0 Å². The highest BCUT2D eigenvalue weighted by molar-refractivity contribution is 5.19. The third-order valence-corrected chi connectivity index (χ3v) is 4.27. The number of benzene rings is 1. The molecule has 0 aromatic heterocycles. The second kappa shape index (κ2) is 6.99. The van der Waals surface area contributed by atoms with Gasteiger partial charge >= 0.3 is 0 Å². The summed E-state index contributed by atoms with van der Waals surface area (Å²) in [5.41, 5.74) is 0.156. The maximum atomic E-state index is 13.5. The van der Waals surface area contributed by atoms with Gasteiger partial charge in [0.25, 0.3) is 0 Å². The van der Waals surface area contributed by atoms with E-state index in [1.54, 1.807) is 0 Å². The predicted octanol–water partition coefficient (Wildman–Crippen LogP) is 4.41. The smallest absolute Gasteiger partial charge is 0.130 e. The zero-order chi connectivity index (χ0) is 13.7. The monoisotopic (exact) mass is 267 g/mol. The Balaban J connectivity index is 1.90. The number of hydrogen-bond acceptors (Lipinski definition) is 1. The van der Waals surface area contributed by atoms with Crippen LogP contribution >= 0.6 is 0 Å². The van der Waals surface area contributed by atoms with Gasteiger partial charge in [0.15, 0.2) is 0 Å². The average molecular weight is 267 g/mol. The van der Waals surface area contributed by atoms with Crippen LogP contribution in [0.2, 0.25) is 0 Å². The van der Waals surface area contributed by atoms with Crippen molar-refractivity contribution in [1.29, 1.82) is 0 Å². The first-order valence-corrected chi connectivity index (χ1v) is 7.34. The maximum Gasteiger partial charge on any atom is 0.130 e. The normalized spacial score (nSPS) is 19.1. The topological polar surface area (TPSA) is 12.0 Å². The van der Waals surface area contributed by atoms with Crippen molar-refractivity contribution in [2.45, 2.75) is 58.0 Å². The molecule has 0 spiro atoms. The van der Waals surface area contributed by atoms with Crippen molar-refractivity contribution in [3.8, 4) is 0 Å². The van der Waals surface area contributed by atoms with Gasteiger partial charge in [-0.15, -0.1) is 0 Å². The molecule has 0 aliphatic heterocycles. The largest absolute Gasteiger partial charge is 0.310 e. The van der Waals surface area contributed by atoms with E-state index < -0.39 is 11.6 Å². The molecule has 1 saturated carbocycles. The van der Waals surface area contributed by atoms with E-state index in [2.05, 4.69) is 12.2 Å². The molecular weight excluding hydrogens is 244 g/mol. The van der Waals surface area contributed by atoms with E-state index in [1.165, 1.54) is 56.7 Å². The molecule has 1 aliphatic carbocycles. The van der Waals surface area contributed by atoms with E-state index in [0.717, 1.165) is 0 Å². The minimum absolute atomic E-state index is 0.156. The van der Waals surface area contributed by atoms with Crippen molar-refractivity contribution in [3.63, 3.8) is 0 Å². The van der Waals surface area contributed by atoms with Crippen LogP contribution in [0.25, 0.3) is 0 Å². The molecule has 1 N–H and O–H groups in total. The molecule has 0 unspecified atom stereocenters. The van der Waals surface area contributed by atoms with Crippen molar-refractivity contribution in [1.82, 2.24) is 5.32 Å². The summed E-state index contributed by atoms with van der Waals surface area (Å²) in [5.74, 6) is -0.279. The van der Waals surface area contributed by atoms with Crippen LogP contribution in [-0.4, -0.2) is 6.04 Å². The lowest BCUT2D eigenvalue weighted by molar-refractivity contribution is 0.333. The molecule has 106 valence electrons. The van der Waals surface area contributed by atoms with Crippen molar-refractivity contribution in [3.05, 3.63) is 35.4 Å². The fourth-order valence-corrected chi connectivity index (χ4v) is 2.94. The van der Waals surface area contributed by atoms with Crippen LogP contribution in [0.4, 0.5) is 8.78 Å². The minimum atomic E-state index is -0.458. The fraction of sp³-hybridized carbons (Fsp3) is 0.625. The van der Waals surface area contributed by atoms with Gasteiger partial charge in [0.2, 0.25) is 0 Å². The van der Waals surface area contributed by atoms with Gasteiger partial charge in [-0.05, 0) is 37.8 Å². The summed E-state index contributed by atoms with van der Waals surface area (Å²) in [5, 5.41) is 3.30. The maximum absolute atomic E-state index is 13.5. The molecule has 1 nitrogen and oxygen atoms in total. The van der Waals surface area contributed by atoms with Crippen LogP contribution in [-0.2, 0) is 6.54 Å². The van der Waals surface area contributed by atoms with E-state index in [4.69, 9.17) is 0 Å². The van der Waals surface area contributed by atoms with Crippen LogP contribution in [0, 0.1) is 17.6 Å². The molecule has 3 heteroatoms. The van der Waals surface area contributed by atoms with Crippen molar-refractivity contribution in [2.24, 2.45) is 5.92 Å². The predicted molar refractivity (Wildman–Crippen MR) is 73.9 cm³/mol. The molecule has 1 aromatic rings. The summed E-state index contributed by atoms with van der Waals surface area (Å²) in [7, 11) is 0. The molecule has 2 rings (SSSR count). The second-order valence-corrected chi connectivity index (χ2v) is 5.62. The first-order valence-electron chi connectivity index (χ1n) is 7.34. The van der Waals surface area contributed by atoms with Crippen LogP contribution in [0.5, 0.6) is 0 Å². The lowest BCUT2D eigenvalue weighted by Gasteiger charge is -2.24. The molecule has 0 amide bonds. The molecule has 0 radical (unpaired) electrons. The molecule has 0 saturated heterocycles. The molecule has 1 aliphatic rings. The Kier molecular flexibility index (Phi) is 5.32. The summed E-state index contributed by atoms with van der Waals surface area (Å²) >= 11 is 0. The molecule has 1 atom stereocenters. The first kappa shape index (κ1) is 14.4. The fourth-order valence-electron chi connectivity index (χ4n) is 2.94. The second-order valence-electron chi connectivity index (χ2n) is 5.62. The van der Waals surface area contributed by atoms with Gasteiger partial charge in [0.1, 0.15) is 11.6 Å². The zero-order valence-electron chi connectivity index (χ0n) is 11.6. The third kappa shape index (κ3) is 4.00. The van der Waals surface area contributed by atoms with Crippen LogP contribution in [0.15, 0.2) is 18.2 Å². The Hall–Kier alpha value is -0.960. The Labute approximate surface area is 114 Å². The zero-order valence-corrected chi connectivity index (χ0v) is 11.6. The van der Waals surface area contributed by atoms with Crippen LogP contribution in [0.3, 0.4) is 0 Å². The lowest BCUT2D eigenvalue weighted by Crippen LogP contribution is -2.33. The Morgan fingerprint density at radius 3 is 2.26 bits per heavy atom. The van der Waals surface area contributed by atoms with E-state index in [9.17, 15) is 8.78 Å². The molecule has 0 bridgehead atoms. The summed E-state index contributed by atoms with van der Waals surface area (Å²) in [6.07, 6.45) is 7.67. The van der Waals surface area contributed by atoms with Gasteiger partial charge in [-0.1, -0.05) is 31.7 Å². The molecule has 1 fully saturated rings. The summed E-state index contributed by atoms with van der Waals surface area (Å²) in [6, 6.07) is 4.35. The van der Waals surface area contributed by atoms with Gasteiger partial charge < -0.3 is 5.32 Å². The van der Waals surface area contributed by atoms with E-state index in [-0.39, 0.29) is 12.1 Å². The number of hydrogen-bond donors (Lipinski definition) is 1. The summed E-state index contributed by atoms with van der Waals surface area (Å²) < 4.78 is 27.1. The van der Waals surface area contributed by atoms with Crippen LogP contribution in [0.1, 0.15) is 51.0 Å².